The molecule has 0 bridgehead atoms. The van der Waals surface area contributed by atoms with E-state index in [2.05, 4.69) is 15.6 Å². The molecule has 0 aliphatic rings. The van der Waals surface area contributed by atoms with Crippen molar-refractivity contribution in [3.63, 3.8) is 0 Å². The van der Waals surface area contributed by atoms with Crippen LogP contribution in [0.1, 0.15) is 16.1 Å². The summed E-state index contributed by atoms with van der Waals surface area (Å²) in [4.78, 5) is 16.2. The number of aromatic nitrogens is 1. The Morgan fingerprint density at radius 1 is 0.962 bits per heavy atom. The number of rotatable bonds is 6. The third kappa shape index (κ3) is 4.42. The second-order valence-electron chi connectivity index (χ2n) is 5.64. The van der Waals surface area contributed by atoms with Gasteiger partial charge in [0.15, 0.2) is 0 Å². The third-order valence-corrected chi connectivity index (χ3v) is 3.78. The Morgan fingerprint density at radius 2 is 1.69 bits per heavy atom. The molecule has 0 saturated carbocycles. The Labute approximate surface area is 149 Å². The van der Waals surface area contributed by atoms with Gasteiger partial charge in [-0.15, -0.1) is 0 Å². The predicted molar refractivity (Wildman–Crippen MR) is 97.2 cm³/mol. The highest BCUT2D eigenvalue weighted by atomic mass is 19.1. The second kappa shape index (κ2) is 8.20. The summed E-state index contributed by atoms with van der Waals surface area (Å²) in [6, 6.07) is 16.6. The minimum absolute atomic E-state index is 0.0670. The number of hydrogen-bond donors (Lipinski definition) is 2. The normalized spacial score (nSPS) is 10.4. The lowest BCUT2D eigenvalue weighted by atomic mass is 10.1. The monoisotopic (exact) mass is 353 g/mol. The first-order valence-corrected chi connectivity index (χ1v) is 8.13. The van der Waals surface area contributed by atoms with E-state index in [0.29, 0.717) is 12.2 Å². The molecule has 0 unspecified atom stereocenters. The number of benzene rings is 2. The van der Waals surface area contributed by atoms with Crippen LogP contribution in [-0.4, -0.2) is 17.4 Å². The van der Waals surface area contributed by atoms with E-state index in [1.54, 1.807) is 12.1 Å². The Morgan fingerprint density at radius 3 is 2.42 bits per heavy atom. The highest BCUT2D eigenvalue weighted by Gasteiger charge is 2.14. The Bertz CT molecular complexity index is 880. The van der Waals surface area contributed by atoms with E-state index >= 15 is 0 Å². The maximum atomic E-state index is 13.6. The summed E-state index contributed by atoms with van der Waals surface area (Å²) in [6.45, 7) is 0.678. The molecule has 0 saturated heterocycles. The van der Waals surface area contributed by atoms with Gasteiger partial charge in [0.05, 0.1) is 0 Å². The lowest BCUT2D eigenvalue weighted by Crippen LogP contribution is -2.16. The molecule has 3 rings (SSSR count). The summed E-state index contributed by atoms with van der Waals surface area (Å²) in [5.74, 6) is -2.35. The smallest absolute Gasteiger partial charge is 0.274 e. The molecule has 0 radical (unpaired) electrons. The first kappa shape index (κ1) is 17.5. The van der Waals surface area contributed by atoms with Gasteiger partial charge in [-0.25, -0.2) is 8.78 Å². The molecular formula is C20H17F2N3O. The predicted octanol–water partition coefficient (Wildman–Crippen LogP) is 4.27. The molecule has 0 aliphatic carbocycles. The summed E-state index contributed by atoms with van der Waals surface area (Å²) in [5.41, 5.74) is 1.48. The molecule has 1 amide bonds. The Balaban J connectivity index is 1.64. The van der Waals surface area contributed by atoms with E-state index in [1.165, 1.54) is 17.8 Å². The minimum atomic E-state index is -0.838. The van der Waals surface area contributed by atoms with Crippen LogP contribution in [0.25, 0.3) is 0 Å². The van der Waals surface area contributed by atoms with Crippen LogP contribution in [0.3, 0.4) is 0 Å². The van der Waals surface area contributed by atoms with Gasteiger partial charge in [0.1, 0.15) is 23.0 Å². The number of pyridine rings is 1. The molecule has 6 heteroatoms. The number of halogens is 2. The van der Waals surface area contributed by atoms with Crippen LogP contribution in [0.15, 0.2) is 66.9 Å². The van der Waals surface area contributed by atoms with Crippen LogP contribution in [-0.2, 0) is 6.42 Å². The van der Waals surface area contributed by atoms with Crippen LogP contribution < -0.4 is 10.6 Å². The van der Waals surface area contributed by atoms with Gasteiger partial charge in [0.25, 0.3) is 5.91 Å². The maximum Gasteiger partial charge on any atom is 0.274 e. The molecule has 0 fully saturated rings. The molecule has 26 heavy (non-hydrogen) atoms. The van der Waals surface area contributed by atoms with Gasteiger partial charge in [0.2, 0.25) is 0 Å². The number of carbonyl (C=O) groups excluding carboxylic acids is 1. The Kier molecular flexibility index (Phi) is 5.53. The number of nitrogens with zero attached hydrogens (tertiary/aromatic N) is 1. The van der Waals surface area contributed by atoms with Gasteiger partial charge in [-0.1, -0.05) is 36.4 Å². The molecule has 0 aliphatic heterocycles. The van der Waals surface area contributed by atoms with Crippen molar-refractivity contribution in [1.29, 1.82) is 0 Å². The molecule has 1 aromatic heterocycles. The van der Waals surface area contributed by atoms with Crippen LogP contribution in [0.5, 0.6) is 0 Å². The fourth-order valence-corrected chi connectivity index (χ4v) is 2.46. The SMILES string of the molecule is O=C(Nc1c(F)cccc1F)c1cc(NCCc2ccccc2)ccn1. The molecule has 3 aromatic rings. The number of anilines is 2. The van der Waals surface area contributed by atoms with E-state index in [4.69, 9.17) is 0 Å². The zero-order valence-electron chi connectivity index (χ0n) is 13.9. The van der Waals surface area contributed by atoms with E-state index in [0.717, 1.165) is 18.6 Å². The van der Waals surface area contributed by atoms with Crippen LogP contribution in [0.2, 0.25) is 0 Å². The fourth-order valence-electron chi connectivity index (χ4n) is 2.46. The highest BCUT2D eigenvalue weighted by molar-refractivity contribution is 6.03. The first-order valence-electron chi connectivity index (χ1n) is 8.13. The van der Waals surface area contributed by atoms with Crippen molar-refractivity contribution in [2.24, 2.45) is 0 Å². The van der Waals surface area contributed by atoms with Gasteiger partial charge < -0.3 is 10.6 Å². The average Bonchev–Trinajstić information content (AvgIpc) is 2.66. The molecule has 132 valence electrons. The van der Waals surface area contributed by atoms with Gasteiger partial charge in [-0.3, -0.25) is 9.78 Å². The van der Waals surface area contributed by atoms with Gasteiger partial charge in [0, 0.05) is 18.4 Å². The van der Waals surface area contributed by atoms with E-state index in [-0.39, 0.29) is 5.69 Å². The first-order chi connectivity index (χ1) is 12.6. The molecule has 0 spiro atoms. The van der Waals surface area contributed by atoms with E-state index in [1.807, 2.05) is 30.3 Å². The third-order valence-electron chi connectivity index (χ3n) is 3.78. The van der Waals surface area contributed by atoms with Crippen LogP contribution in [0.4, 0.5) is 20.2 Å². The van der Waals surface area contributed by atoms with Gasteiger partial charge in [-0.05, 0) is 36.2 Å². The molecule has 2 N–H and O–H groups in total. The van der Waals surface area contributed by atoms with Crippen molar-refractivity contribution >= 4 is 17.3 Å². The van der Waals surface area contributed by atoms with Crippen molar-refractivity contribution in [1.82, 2.24) is 4.98 Å². The number of hydrogen-bond acceptors (Lipinski definition) is 3. The minimum Gasteiger partial charge on any atom is -0.385 e. The van der Waals surface area contributed by atoms with Crippen LogP contribution in [0, 0.1) is 11.6 Å². The average molecular weight is 353 g/mol. The summed E-state index contributed by atoms with van der Waals surface area (Å²) < 4.78 is 27.3. The largest absolute Gasteiger partial charge is 0.385 e. The fraction of sp³-hybridized carbons (Fsp3) is 0.100. The zero-order chi connectivity index (χ0) is 18.4. The highest BCUT2D eigenvalue weighted by Crippen LogP contribution is 2.19. The zero-order valence-corrected chi connectivity index (χ0v) is 13.9. The maximum absolute atomic E-state index is 13.6. The van der Waals surface area contributed by atoms with Gasteiger partial charge >= 0.3 is 0 Å². The van der Waals surface area contributed by atoms with E-state index in [9.17, 15) is 13.6 Å². The van der Waals surface area contributed by atoms with Crippen molar-refractivity contribution < 1.29 is 13.6 Å². The summed E-state index contributed by atoms with van der Waals surface area (Å²) in [5, 5.41) is 5.43. The standard InChI is InChI=1S/C20H17F2N3O/c21-16-7-4-8-17(22)19(16)25-20(26)18-13-15(10-12-24-18)23-11-9-14-5-2-1-3-6-14/h1-8,10,12-13H,9,11H2,(H,23,24)(H,25,26). The van der Waals surface area contributed by atoms with Crippen LogP contribution >= 0.6 is 0 Å². The molecule has 4 nitrogen and oxygen atoms in total. The number of nitrogens with one attached hydrogen (secondary N) is 2. The lowest BCUT2D eigenvalue weighted by molar-refractivity contribution is 0.102. The lowest BCUT2D eigenvalue weighted by Gasteiger charge is -2.09. The van der Waals surface area contributed by atoms with Crippen molar-refractivity contribution in [3.05, 3.63) is 89.8 Å². The van der Waals surface area contributed by atoms with Gasteiger partial charge in [-0.2, -0.15) is 0 Å². The van der Waals surface area contributed by atoms with Crippen molar-refractivity contribution in [2.45, 2.75) is 6.42 Å². The Hall–Kier alpha value is -3.28. The van der Waals surface area contributed by atoms with E-state index < -0.39 is 23.2 Å². The summed E-state index contributed by atoms with van der Waals surface area (Å²) >= 11 is 0. The van der Waals surface area contributed by atoms with Crippen molar-refractivity contribution in [2.75, 3.05) is 17.2 Å². The number of para-hydroxylation sites is 1. The molecule has 2 aromatic carbocycles. The molecule has 0 atom stereocenters. The molecular weight excluding hydrogens is 336 g/mol. The number of amides is 1. The summed E-state index contributed by atoms with van der Waals surface area (Å²) in [6.07, 6.45) is 2.29. The number of carbonyl (C=O) groups is 1. The second-order valence-corrected chi connectivity index (χ2v) is 5.64. The summed E-state index contributed by atoms with van der Waals surface area (Å²) in [7, 11) is 0. The molecule has 1 heterocycles. The quantitative estimate of drug-likeness (QED) is 0.696. The van der Waals surface area contributed by atoms with Crippen molar-refractivity contribution in [3.8, 4) is 0 Å². The topological polar surface area (TPSA) is 54.0 Å².